The number of carbonyl (C=O) groups excluding carboxylic acids is 1. The van der Waals surface area contributed by atoms with Gasteiger partial charge < -0.3 is 9.47 Å². The molecule has 1 unspecified atom stereocenters. The number of hydrogen-bond acceptors (Lipinski definition) is 3. The standard InChI is InChI=1S/C21H20O3/c1-3-17(24-20(22)4-2)14-23-21-18-11-7-5-9-15(18)13-16-10-6-8-12-19(16)21/h4-13,17H,2-3,14H2,1H3. The maximum absolute atomic E-state index is 11.4. The molecule has 0 spiro atoms. The first kappa shape index (κ1) is 16.1. The van der Waals surface area contributed by atoms with E-state index < -0.39 is 5.97 Å². The number of hydrogen-bond donors (Lipinski definition) is 0. The first-order chi connectivity index (χ1) is 11.7. The van der Waals surface area contributed by atoms with Crippen LogP contribution in [0.25, 0.3) is 21.5 Å². The van der Waals surface area contributed by atoms with Crippen molar-refractivity contribution in [3.63, 3.8) is 0 Å². The van der Waals surface area contributed by atoms with E-state index in [1.54, 1.807) is 0 Å². The summed E-state index contributed by atoms with van der Waals surface area (Å²) in [6, 6.07) is 18.4. The molecule has 0 saturated carbocycles. The summed E-state index contributed by atoms with van der Waals surface area (Å²) in [6.07, 6.45) is 1.56. The van der Waals surface area contributed by atoms with Crippen molar-refractivity contribution >= 4 is 27.5 Å². The monoisotopic (exact) mass is 320 g/mol. The van der Waals surface area contributed by atoms with Crippen molar-refractivity contribution in [3.05, 3.63) is 67.3 Å². The number of rotatable bonds is 6. The van der Waals surface area contributed by atoms with Gasteiger partial charge in [0.1, 0.15) is 18.5 Å². The molecule has 0 saturated heterocycles. The molecule has 0 fully saturated rings. The summed E-state index contributed by atoms with van der Waals surface area (Å²) in [6.45, 7) is 5.71. The normalized spacial score (nSPS) is 12.0. The lowest BCUT2D eigenvalue weighted by molar-refractivity contribution is -0.144. The highest BCUT2D eigenvalue weighted by Crippen LogP contribution is 2.34. The van der Waals surface area contributed by atoms with Crippen molar-refractivity contribution in [2.24, 2.45) is 0 Å². The summed E-state index contributed by atoms with van der Waals surface area (Å²) in [5.41, 5.74) is 0. The maximum atomic E-state index is 11.4. The second-order valence-corrected chi connectivity index (χ2v) is 5.63. The quantitative estimate of drug-likeness (QED) is 0.369. The molecule has 3 aromatic rings. The van der Waals surface area contributed by atoms with Crippen LogP contribution < -0.4 is 4.74 Å². The molecule has 0 radical (unpaired) electrons. The van der Waals surface area contributed by atoms with E-state index in [-0.39, 0.29) is 6.10 Å². The predicted octanol–water partition coefficient (Wildman–Crippen LogP) is 4.88. The zero-order valence-corrected chi connectivity index (χ0v) is 13.7. The van der Waals surface area contributed by atoms with Gasteiger partial charge in [0.2, 0.25) is 0 Å². The minimum absolute atomic E-state index is 0.298. The molecule has 3 aromatic carbocycles. The average Bonchev–Trinajstić information content (AvgIpc) is 2.63. The summed E-state index contributed by atoms with van der Waals surface area (Å²) < 4.78 is 11.4. The van der Waals surface area contributed by atoms with E-state index in [2.05, 4.69) is 24.8 Å². The van der Waals surface area contributed by atoms with Gasteiger partial charge in [0.05, 0.1) is 0 Å². The summed E-state index contributed by atoms with van der Waals surface area (Å²) >= 11 is 0. The van der Waals surface area contributed by atoms with Crippen LogP contribution in [0.15, 0.2) is 67.3 Å². The third-order valence-corrected chi connectivity index (χ3v) is 4.04. The number of esters is 1. The van der Waals surface area contributed by atoms with E-state index in [9.17, 15) is 4.79 Å². The third-order valence-electron chi connectivity index (χ3n) is 4.04. The van der Waals surface area contributed by atoms with Crippen LogP contribution in [-0.4, -0.2) is 18.7 Å². The van der Waals surface area contributed by atoms with Gasteiger partial charge in [-0.3, -0.25) is 0 Å². The van der Waals surface area contributed by atoms with Gasteiger partial charge in [0.15, 0.2) is 0 Å². The van der Waals surface area contributed by atoms with E-state index in [0.29, 0.717) is 13.0 Å². The number of benzene rings is 3. The van der Waals surface area contributed by atoms with Crippen LogP contribution in [0, 0.1) is 0 Å². The van der Waals surface area contributed by atoms with E-state index in [0.717, 1.165) is 27.3 Å². The van der Waals surface area contributed by atoms with Crippen molar-refractivity contribution in [2.75, 3.05) is 6.61 Å². The van der Waals surface area contributed by atoms with Gasteiger partial charge in [-0.2, -0.15) is 0 Å². The van der Waals surface area contributed by atoms with E-state index >= 15 is 0 Å². The SMILES string of the molecule is C=CC(=O)OC(CC)COc1c2ccccc2cc2ccccc12. The molecule has 24 heavy (non-hydrogen) atoms. The molecule has 0 amide bonds. The van der Waals surface area contributed by atoms with Crippen molar-refractivity contribution in [1.82, 2.24) is 0 Å². The van der Waals surface area contributed by atoms with Crippen LogP contribution in [0.1, 0.15) is 13.3 Å². The Bertz CT molecular complexity index is 829. The van der Waals surface area contributed by atoms with Crippen molar-refractivity contribution < 1.29 is 14.3 Å². The maximum Gasteiger partial charge on any atom is 0.330 e. The Morgan fingerprint density at radius 2 is 1.67 bits per heavy atom. The molecule has 122 valence electrons. The Kier molecular flexibility index (Phi) is 4.80. The van der Waals surface area contributed by atoms with Gasteiger partial charge >= 0.3 is 5.97 Å². The van der Waals surface area contributed by atoms with Crippen molar-refractivity contribution in [2.45, 2.75) is 19.4 Å². The highest BCUT2D eigenvalue weighted by molar-refractivity contribution is 6.05. The first-order valence-corrected chi connectivity index (χ1v) is 8.09. The largest absolute Gasteiger partial charge is 0.488 e. The molecule has 3 nitrogen and oxygen atoms in total. The van der Waals surface area contributed by atoms with Gasteiger partial charge in [-0.1, -0.05) is 62.0 Å². The predicted molar refractivity (Wildman–Crippen MR) is 97.3 cm³/mol. The molecule has 0 aromatic heterocycles. The second kappa shape index (κ2) is 7.18. The molecule has 3 rings (SSSR count). The summed E-state index contributed by atoms with van der Waals surface area (Å²) in [4.78, 5) is 11.4. The van der Waals surface area contributed by atoms with Gasteiger partial charge in [-0.05, 0) is 23.3 Å². The Labute approximate surface area is 141 Å². The lowest BCUT2D eigenvalue weighted by Crippen LogP contribution is -2.23. The molecule has 0 heterocycles. The molecular formula is C21H20O3. The Balaban J connectivity index is 1.97. The molecule has 0 aliphatic rings. The topological polar surface area (TPSA) is 35.5 Å². The van der Waals surface area contributed by atoms with Crippen LogP contribution >= 0.6 is 0 Å². The smallest absolute Gasteiger partial charge is 0.330 e. The fraction of sp³-hybridized carbons (Fsp3) is 0.190. The molecule has 0 aliphatic heterocycles. The van der Waals surface area contributed by atoms with Crippen molar-refractivity contribution in [1.29, 1.82) is 0 Å². The molecule has 1 atom stereocenters. The Morgan fingerprint density at radius 3 is 2.21 bits per heavy atom. The first-order valence-electron chi connectivity index (χ1n) is 8.09. The molecule has 3 heteroatoms. The van der Waals surface area contributed by atoms with Gasteiger partial charge in [-0.25, -0.2) is 4.79 Å². The molecule has 0 aliphatic carbocycles. The minimum atomic E-state index is -0.423. The third kappa shape index (κ3) is 3.25. The van der Waals surface area contributed by atoms with Gasteiger partial charge in [-0.15, -0.1) is 0 Å². The number of carbonyl (C=O) groups is 1. The van der Waals surface area contributed by atoms with E-state index in [1.807, 2.05) is 43.3 Å². The Morgan fingerprint density at radius 1 is 1.08 bits per heavy atom. The highest BCUT2D eigenvalue weighted by Gasteiger charge is 2.14. The lowest BCUT2D eigenvalue weighted by atomic mass is 10.0. The number of ether oxygens (including phenoxy) is 2. The van der Waals surface area contributed by atoms with Crippen LogP contribution in [0.3, 0.4) is 0 Å². The van der Waals surface area contributed by atoms with Gasteiger partial charge in [0.25, 0.3) is 0 Å². The molecule has 0 N–H and O–H groups in total. The highest BCUT2D eigenvalue weighted by atomic mass is 16.6. The second-order valence-electron chi connectivity index (χ2n) is 5.63. The van der Waals surface area contributed by atoms with Crippen LogP contribution in [0.4, 0.5) is 0 Å². The number of fused-ring (bicyclic) bond motifs is 2. The fourth-order valence-corrected chi connectivity index (χ4v) is 2.75. The lowest BCUT2D eigenvalue weighted by Gasteiger charge is -2.18. The average molecular weight is 320 g/mol. The minimum Gasteiger partial charge on any atom is -0.488 e. The van der Waals surface area contributed by atoms with E-state index in [1.165, 1.54) is 6.08 Å². The van der Waals surface area contributed by atoms with Crippen molar-refractivity contribution in [3.8, 4) is 5.75 Å². The van der Waals surface area contributed by atoms with E-state index in [4.69, 9.17) is 9.47 Å². The summed E-state index contributed by atoms with van der Waals surface area (Å²) in [5.74, 6) is 0.407. The van der Waals surface area contributed by atoms with Crippen LogP contribution in [0.2, 0.25) is 0 Å². The fourth-order valence-electron chi connectivity index (χ4n) is 2.75. The molecule has 0 bridgehead atoms. The molecular weight excluding hydrogens is 300 g/mol. The van der Waals surface area contributed by atoms with Crippen LogP contribution in [0.5, 0.6) is 5.75 Å². The zero-order chi connectivity index (χ0) is 16.9. The van der Waals surface area contributed by atoms with Crippen LogP contribution in [-0.2, 0) is 9.53 Å². The summed E-state index contributed by atoms with van der Waals surface area (Å²) in [5, 5.41) is 4.37. The summed E-state index contributed by atoms with van der Waals surface area (Å²) in [7, 11) is 0. The van der Waals surface area contributed by atoms with Gasteiger partial charge in [0, 0.05) is 16.8 Å². The Hall–Kier alpha value is -2.81. The zero-order valence-electron chi connectivity index (χ0n) is 13.7.